The smallest absolute Gasteiger partial charge is 0.163 e. The van der Waals surface area contributed by atoms with Crippen molar-refractivity contribution in [3.63, 3.8) is 0 Å². The van der Waals surface area contributed by atoms with Crippen LogP contribution in [0.5, 0.6) is 0 Å². The number of piperazine rings is 1. The topological polar surface area (TPSA) is 65.4 Å². The lowest BCUT2D eigenvalue weighted by molar-refractivity contribution is 0.0671. The molecule has 0 spiro atoms. The van der Waals surface area contributed by atoms with Crippen LogP contribution in [0.3, 0.4) is 0 Å². The number of anilines is 1. The molecule has 6 nitrogen and oxygen atoms in total. The Morgan fingerprint density at radius 2 is 1.96 bits per heavy atom. The highest BCUT2D eigenvalue weighted by Crippen LogP contribution is 2.26. The van der Waals surface area contributed by atoms with Crippen molar-refractivity contribution in [1.29, 1.82) is 0 Å². The summed E-state index contributed by atoms with van der Waals surface area (Å²) in [5, 5.41) is 10.1. The summed E-state index contributed by atoms with van der Waals surface area (Å²) in [6, 6.07) is 6.30. The summed E-state index contributed by atoms with van der Waals surface area (Å²) in [6.07, 6.45) is 6.63. The highest BCUT2D eigenvalue weighted by Gasteiger charge is 2.32. The van der Waals surface area contributed by atoms with E-state index in [9.17, 15) is 5.11 Å². The molecule has 1 aliphatic heterocycles. The van der Waals surface area contributed by atoms with Gasteiger partial charge in [0.25, 0.3) is 0 Å². The second-order valence-electron chi connectivity index (χ2n) is 7.02. The van der Waals surface area contributed by atoms with Crippen molar-refractivity contribution in [2.24, 2.45) is 0 Å². The number of hydrogen-bond acceptors (Lipinski definition) is 6. The molecule has 2 aromatic rings. The second kappa shape index (κ2) is 7.06. The lowest BCUT2D eigenvalue weighted by Gasteiger charge is -2.39. The van der Waals surface area contributed by atoms with Gasteiger partial charge in [-0.25, -0.2) is 9.97 Å². The molecule has 2 aromatic heterocycles. The number of aryl methyl sites for hydroxylation is 1. The Morgan fingerprint density at radius 3 is 2.64 bits per heavy atom. The first kappa shape index (κ1) is 16.4. The summed E-state index contributed by atoms with van der Waals surface area (Å²) in [5.74, 6) is 1.72. The van der Waals surface area contributed by atoms with Crippen LogP contribution in [0.1, 0.15) is 25.0 Å². The van der Waals surface area contributed by atoms with Crippen molar-refractivity contribution in [2.75, 3.05) is 31.1 Å². The minimum absolute atomic E-state index is 0.148. The molecular weight excluding hydrogens is 314 g/mol. The molecule has 0 unspecified atom stereocenters. The molecule has 1 N–H and O–H groups in total. The fourth-order valence-corrected chi connectivity index (χ4v) is 3.97. The van der Waals surface area contributed by atoms with E-state index < -0.39 is 0 Å². The largest absolute Gasteiger partial charge is 0.391 e. The van der Waals surface area contributed by atoms with Gasteiger partial charge in [-0.2, -0.15) is 0 Å². The van der Waals surface area contributed by atoms with Crippen LogP contribution in [-0.2, 0) is 0 Å². The Kier molecular flexibility index (Phi) is 4.63. The van der Waals surface area contributed by atoms with Gasteiger partial charge in [0.05, 0.1) is 6.10 Å². The predicted molar refractivity (Wildman–Crippen MR) is 97.4 cm³/mol. The quantitative estimate of drug-likeness (QED) is 0.921. The van der Waals surface area contributed by atoms with Gasteiger partial charge in [-0.15, -0.1) is 0 Å². The average Bonchev–Trinajstić information content (AvgIpc) is 3.08. The minimum Gasteiger partial charge on any atom is -0.391 e. The maximum atomic E-state index is 10.1. The molecule has 4 rings (SSSR count). The Morgan fingerprint density at radius 1 is 1.12 bits per heavy atom. The first-order valence-corrected chi connectivity index (χ1v) is 9.14. The fraction of sp³-hybridized carbons (Fsp3) is 0.526. The number of aliphatic hydroxyl groups is 1. The molecule has 0 radical (unpaired) electrons. The Balaban J connectivity index is 1.49. The third-order valence-electron chi connectivity index (χ3n) is 5.31. The number of nitrogens with zero attached hydrogens (tertiary/aromatic N) is 5. The third-order valence-corrected chi connectivity index (χ3v) is 5.31. The van der Waals surface area contributed by atoms with E-state index in [-0.39, 0.29) is 6.10 Å². The maximum absolute atomic E-state index is 10.1. The molecule has 2 fully saturated rings. The van der Waals surface area contributed by atoms with Gasteiger partial charge in [-0.05, 0) is 38.3 Å². The molecule has 0 bridgehead atoms. The molecule has 1 saturated heterocycles. The molecule has 132 valence electrons. The number of pyridine rings is 1. The summed E-state index contributed by atoms with van der Waals surface area (Å²) in [4.78, 5) is 18.3. The normalized spacial score (nSPS) is 24.6. The minimum atomic E-state index is -0.148. The highest BCUT2D eigenvalue weighted by atomic mass is 16.3. The van der Waals surface area contributed by atoms with Crippen LogP contribution >= 0.6 is 0 Å². The van der Waals surface area contributed by atoms with Crippen molar-refractivity contribution in [3.8, 4) is 11.4 Å². The zero-order chi connectivity index (χ0) is 17.2. The molecule has 6 heteroatoms. The fourth-order valence-electron chi connectivity index (χ4n) is 3.97. The van der Waals surface area contributed by atoms with Gasteiger partial charge in [0, 0.05) is 61.9 Å². The maximum Gasteiger partial charge on any atom is 0.163 e. The SMILES string of the molecule is Cc1cc(N2CCN([C@@H]3CCC[C@H]3O)CC2)nc(-c2cccnc2)n1. The zero-order valence-corrected chi connectivity index (χ0v) is 14.7. The molecule has 2 aliphatic rings. The van der Waals surface area contributed by atoms with Crippen molar-refractivity contribution >= 4 is 5.82 Å². The van der Waals surface area contributed by atoms with E-state index in [4.69, 9.17) is 4.98 Å². The molecule has 0 aromatic carbocycles. The summed E-state index contributed by atoms with van der Waals surface area (Å²) >= 11 is 0. The van der Waals surface area contributed by atoms with E-state index in [1.807, 2.05) is 19.1 Å². The van der Waals surface area contributed by atoms with E-state index in [1.54, 1.807) is 12.4 Å². The van der Waals surface area contributed by atoms with Gasteiger partial charge < -0.3 is 10.0 Å². The summed E-state index contributed by atoms with van der Waals surface area (Å²) < 4.78 is 0. The van der Waals surface area contributed by atoms with E-state index in [0.29, 0.717) is 6.04 Å². The van der Waals surface area contributed by atoms with Gasteiger partial charge in [0.1, 0.15) is 5.82 Å². The highest BCUT2D eigenvalue weighted by molar-refractivity contribution is 5.56. The van der Waals surface area contributed by atoms with E-state index >= 15 is 0 Å². The van der Waals surface area contributed by atoms with Gasteiger partial charge in [-0.3, -0.25) is 9.88 Å². The summed E-state index contributed by atoms with van der Waals surface area (Å²) in [5.41, 5.74) is 1.91. The lowest BCUT2D eigenvalue weighted by Crippen LogP contribution is -2.52. The monoisotopic (exact) mass is 339 g/mol. The van der Waals surface area contributed by atoms with Gasteiger partial charge >= 0.3 is 0 Å². The van der Waals surface area contributed by atoms with Crippen LogP contribution in [0.15, 0.2) is 30.6 Å². The zero-order valence-electron chi connectivity index (χ0n) is 14.7. The summed E-state index contributed by atoms with van der Waals surface area (Å²) in [6.45, 7) is 5.84. The first-order chi connectivity index (χ1) is 12.2. The Bertz CT molecular complexity index is 715. The molecule has 25 heavy (non-hydrogen) atoms. The van der Waals surface area contributed by atoms with E-state index in [2.05, 4.69) is 25.8 Å². The molecule has 1 saturated carbocycles. The number of aliphatic hydroxyl groups excluding tert-OH is 1. The van der Waals surface area contributed by atoms with Gasteiger partial charge in [-0.1, -0.05) is 0 Å². The van der Waals surface area contributed by atoms with E-state index in [0.717, 1.165) is 68.3 Å². The van der Waals surface area contributed by atoms with Crippen molar-refractivity contribution in [1.82, 2.24) is 19.9 Å². The first-order valence-electron chi connectivity index (χ1n) is 9.14. The van der Waals surface area contributed by atoms with Crippen molar-refractivity contribution in [3.05, 3.63) is 36.3 Å². The molecule has 0 amide bonds. The molecular formula is C19H25N5O. The molecule has 1 aliphatic carbocycles. The van der Waals surface area contributed by atoms with Crippen molar-refractivity contribution in [2.45, 2.75) is 38.3 Å². The van der Waals surface area contributed by atoms with Crippen LogP contribution in [0.4, 0.5) is 5.82 Å². The van der Waals surface area contributed by atoms with Crippen LogP contribution < -0.4 is 4.90 Å². The Hall–Kier alpha value is -2.05. The number of aromatic nitrogens is 3. The second-order valence-corrected chi connectivity index (χ2v) is 7.02. The third kappa shape index (κ3) is 3.50. The van der Waals surface area contributed by atoms with Crippen LogP contribution in [0, 0.1) is 6.92 Å². The van der Waals surface area contributed by atoms with Crippen molar-refractivity contribution < 1.29 is 5.11 Å². The van der Waals surface area contributed by atoms with Crippen LogP contribution in [-0.4, -0.2) is 63.3 Å². The van der Waals surface area contributed by atoms with Gasteiger partial charge in [0.15, 0.2) is 5.82 Å². The number of rotatable bonds is 3. The van der Waals surface area contributed by atoms with Crippen LogP contribution in [0.2, 0.25) is 0 Å². The summed E-state index contributed by atoms with van der Waals surface area (Å²) in [7, 11) is 0. The molecule has 3 heterocycles. The lowest BCUT2D eigenvalue weighted by atomic mass is 10.1. The predicted octanol–water partition coefficient (Wildman–Crippen LogP) is 1.88. The average molecular weight is 339 g/mol. The van der Waals surface area contributed by atoms with E-state index in [1.165, 1.54) is 0 Å². The number of hydrogen-bond donors (Lipinski definition) is 1. The van der Waals surface area contributed by atoms with Crippen LogP contribution in [0.25, 0.3) is 11.4 Å². The van der Waals surface area contributed by atoms with Gasteiger partial charge in [0.2, 0.25) is 0 Å². The molecule has 2 atom stereocenters. The standard InChI is InChI=1S/C19H25N5O/c1-14-12-18(22-19(21-14)15-4-3-7-20-13-15)24-10-8-23(9-11-24)16-5-2-6-17(16)25/h3-4,7,12-13,16-17,25H,2,5-6,8-11H2,1H3/t16-,17-/m1/s1. The Labute approximate surface area is 148 Å².